The molecule has 1 heterocycles. The van der Waals surface area contributed by atoms with Crippen LogP contribution in [0.3, 0.4) is 0 Å². The van der Waals surface area contributed by atoms with Crippen molar-refractivity contribution >= 4 is 83.7 Å². The fourth-order valence-corrected chi connectivity index (χ4v) is 26.4. The molecule has 0 saturated heterocycles. The first-order valence-electron chi connectivity index (χ1n) is 4.07. The third kappa shape index (κ3) is 5.39. The minimum absolute atomic E-state index is 0.849. The van der Waals surface area contributed by atoms with E-state index in [1.807, 2.05) is 0 Å². The predicted molar refractivity (Wildman–Crippen MR) is 85.3 cm³/mol. The minimum Gasteiger partial charge on any atom is -0.204 e. The van der Waals surface area contributed by atoms with Crippen molar-refractivity contribution in [3.05, 3.63) is 0 Å². The van der Waals surface area contributed by atoms with Gasteiger partial charge in [-0.25, -0.2) is 9.03 Å². The monoisotopic (exact) mass is 459 g/mol. The summed E-state index contributed by atoms with van der Waals surface area (Å²) in [6, 6.07) is 0. The Labute approximate surface area is 122 Å². The van der Waals surface area contributed by atoms with Crippen LogP contribution in [0.5, 0.6) is 0 Å². The Morgan fingerprint density at radius 2 is 1.53 bits per heavy atom. The maximum atomic E-state index is 5.98. The molecule has 15 heavy (non-hydrogen) atoms. The second kappa shape index (κ2) is 5.70. The highest BCUT2D eigenvalue weighted by molar-refractivity contribution is 14.2. The first kappa shape index (κ1) is 15.6. The molecule has 0 aromatic carbocycles. The Kier molecular flexibility index (Phi) is 5.94. The molecule has 0 aromatic rings. The molecule has 0 spiro atoms. The quantitative estimate of drug-likeness (QED) is 0.301. The van der Waals surface area contributed by atoms with Crippen molar-refractivity contribution < 1.29 is 0 Å². The number of halogens is 5. The lowest BCUT2D eigenvalue weighted by atomic mass is 10.4. The Bertz CT molecular complexity index is 402. The van der Waals surface area contributed by atoms with E-state index in [0.29, 0.717) is 0 Å². The van der Waals surface area contributed by atoms with Crippen LogP contribution in [-0.4, -0.2) is 6.16 Å². The van der Waals surface area contributed by atoms with Crippen molar-refractivity contribution in [3.63, 3.8) is 0 Å². The van der Waals surface area contributed by atoms with E-state index >= 15 is 0 Å². The van der Waals surface area contributed by atoms with Gasteiger partial charge in [-0.2, -0.15) is 4.52 Å². The maximum Gasteiger partial charge on any atom is 0.256 e. The summed E-state index contributed by atoms with van der Waals surface area (Å²) >= 11 is 26.1. The fraction of sp³-hybridized carbons (Fsp3) is 1.00. The lowest BCUT2D eigenvalue weighted by molar-refractivity contribution is 0.892. The zero-order valence-electron chi connectivity index (χ0n) is 7.69. The average Bonchev–Trinajstić information content (AvgIpc) is 1.93. The van der Waals surface area contributed by atoms with Gasteiger partial charge in [-0.1, -0.05) is 13.3 Å². The van der Waals surface area contributed by atoms with Gasteiger partial charge in [0.1, 0.15) is 4.85 Å². The zero-order chi connectivity index (χ0) is 11.7. The summed E-state index contributed by atoms with van der Waals surface area (Å²) in [4.78, 5) is -1.93. The van der Waals surface area contributed by atoms with Crippen molar-refractivity contribution in [3.8, 4) is 0 Å². The first-order chi connectivity index (χ1) is 6.68. The smallest absolute Gasteiger partial charge is 0.204 e. The van der Waals surface area contributed by atoms with Crippen LogP contribution in [-0.2, 0) is 0 Å². The molecule has 1 rings (SSSR count). The molecule has 0 amide bonds. The van der Waals surface area contributed by atoms with Crippen LogP contribution in [0.1, 0.15) is 19.8 Å². The van der Waals surface area contributed by atoms with Gasteiger partial charge in [0.25, 0.3) is 11.8 Å². The Morgan fingerprint density at radius 3 is 2.00 bits per heavy atom. The van der Waals surface area contributed by atoms with E-state index in [4.69, 9.17) is 45.0 Å². The average molecular weight is 461 g/mol. The zero-order valence-corrected chi connectivity index (χ0v) is 15.6. The van der Waals surface area contributed by atoms with Crippen LogP contribution < -0.4 is 0 Å². The van der Waals surface area contributed by atoms with Crippen molar-refractivity contribution in [2.24, 2.45) is 13.5 Å². The molecule has 0 fully saturated rings. The van der Waals surface area contributed by atoms with Crippen LogP contribution in [0.15, 0.2) is 13.5 Å². The van der Waals surface area contributed by atoms with E-state index in [2.05, 4.69) is 42.5 Å². The van der Waals surface area contributed by atoms with Gasteiger partial charge >= 0.3 is 0 Å². The number of rotatable bonds is 3. The van der Waals surface area contributed by atoms with Crippen LogP contribution in [0.25, 0.3) is 0 Å². The van der Waals surface area contributed by atoms with Crippen molar-refractivity contribution in [2.45, 2.75) is 19.8 Å². The molecule has 0 saturated carbocycles. The molecule has 90 valence electrons. The second-order valence-corrected chi connectivity index (χ2v) is 19.9. The van der Waals surface area contributed by atoms with Gasteiger partial charge in [0.05, 0.1) is 0 Å². The summed E-state index contributed by atoms with van der Waals surface area (Å²) in [6.07, 6.45) is 2.94. The summed E-state index contributed by atoms with van der Waals surface area (Å²) in [6.45, 7) is 2.10. The highest BCUT2D eigenvalue weighted by Crippen LogP contribution is 2.87. The molecule has 3 nitrogen and oxygen atoms in total. The summed E-state index contributed by atoms with van der Waals surface area (Å²) in [7, 11) is 0. The van der Waals surface area contributed by atoms with Crippen LogP contribution >= 0.6 is 83.7 Å². The number of hydrogen-bond acceptors (Lipinski definition) is 3. The molecule has 0 aliphatic carbocycles. The van der Waals surface area contributed by atoms with Gasteiger partial charge in [-0.05, 0) is 73.4 Å². The molecule has 0 radical (unpaired) electrons. The SMILES string of the molecule is CCCCP1(I)=NP(Cl)(Cl)=NP(Cl)(Cl)=N1. The number of hydrogen-bond donors (Lipinski definition) is 0. The minimum atomic E-state index is -2.69. The molecule has 1 aliphatic heterocycles. The molecule has 11 heteroatoms. The molecule has 1 aliphatic rings. The molecule has 1 unspecified atom stereocenters. The number of unbranched alkanes of at least 4 members (excludes halogenated alkanes) is 1. The van der Waals surface area contributed by atoms with E-state index in [1.165, 1.54) is 0 Å². The standard InChI is InChI=1S/C4H9Cl4IN3P3/c1-2-3-4-13(9)10-14(5,6)12-15(7,8)11-13/h2-4H2,1H3. The first-order valence-corrected chi connectivity index (χ1v) is 15.7. The van der Waals surface area contributed by atoms with Gasteiger partial charge in [-0.15, -0.1) is 0 Å². The van der Waals surface area contributed by atoms with Gasteiger partial charge in [-0.3, -0.25) is 0 Å². The van der Waals surface area contributed by atoms with Gasteiger partial charge < -0.3 is 0 Å². The molecular weight excluding hydrogens is 452 g/mol. The summed E-state index contributed by atoms with van der Waals surface area (Å²) < 4.78 is 12.6. The third-order valence-corrected chi connectivity index (χ3v) is 17.8. The molecule has 0 bridgehead atoms. The topological polar surface area (TPSA) is 37.1 Å². The molecule has 1 atom stereocenters. The second-order valence-electron chi connectivity index (χ2n) is 2.90. The predicted octanol–water partition coefficient (Wildman–Crippen LogP) is 8.11. The lowest BCUT2D eigenvalue weighted by Crippen LogP contribution is -1.81. The Balaban J connectivity index is 3.18. The number of nitrogens with zero attached hydrogens (tertiary/aromatic N) is 3. The van der Waals surface area contributed by atoms with Gasteiger partial charge in [0, 0.05) is 6.16 Å². The fourth-order valence-electron chi connectivity index (χ4n) is 0.962. The maximum absolute atomic E-state index is 5.98. The van der Waals surface area contributed by atoms with Crippen molar-refractivity contribution in [2.75, 3.05) is 6.16 Å². The highest BCUT2D eigenvalue weighted by atomic mass is 127. The summed E-state index contributed by atoms with van der Waals surface area (Å²) in [5.41, 5.74) is 0. The van der Waals surface area contributed by atoms with Gasteiger partial charge in [0.15, 0.2) is 0 Å². The van der Waals surface area contributed by atoms with E-state index in [9.17, 15) is 0 Å². The normalized spacial score (nSPS) is 32.4. The van der Waals surface area contributed by atoms with E-state index < -0.39 is 16.7 Å². The van der Waals surface area contributed by atoms with Gasteiger partial charge in [0.2, 0.25) is 0 Å². The lowest BCUT2D eigenvalue weighted by Gasteiger charge is -2.21. The largest absolute Gasteiger partial charge is 0.256 e. The van der Waals surface area contributed by atoms with Crippen LogP contribution in [0, 0.1) is 0 Å². The van der Waals surface area contributed by atoms with E-state index in [0.717, 1.165) is 19.0 Å². The van der Waals surface area contributed by atoms with Crippen LogP contribution in [0.2, 0.25) is 0 Å². The molecular formula is C4H9Cl4IN3P3. The summed E-state index contributed by atoms with van der Waals surface area (Å²) in [5.74, 6) is -5.38. The molecule has 0 aromatic heterocycles. The highest BCUT2D eigenvalue weighted by Gasteiger charge is 2.30. The van der Waals surface area contributed by atoms with E-state index in [-0.39, 0.29) is 0 Å². The van der Waals surface area contributed by atoms with Crippen LogP contribution in [0.4, 0.5) is 0 Å². The third-order valence-electron chi connectivity index (χ3n) is 1.50. The molecule has 0 N–H and O–H groups in total. The Hall–Kier alpha value is 2.58. The van der Waals surface area contributed by atoms with Crippen molar-refractivity contribution in [1.29, 1.82) is 0 Å². The van der Waals surface area contributed by atoms with E-state index in [1.54, 1.807) is 0 Å². The van der Waals surface area contributed by atoms with Crippen molar-refractivity contribution in [1.82, 2.24) is 0 Å². The summed E-state index contributed by atoms with van der Waals surface area (Å²) in [5, 5.41) is 0. The Morgan fingerprint density at radius 1 is 1.00 bits per heavy atom.